The van der Waals surface area contributed by atoms with E-state index in [1.165, 1.54) is 11.1 Å². The van der Waals surface area contributed by atoms with Gasteiger partial charge in [0.25, 0.3) is 0 Å². The quantitative estimate of drug-likeness (QED) is 0.615. The fraction of sp³-hybridized carbons (Fsp3) is 0.125. The average Bonchev–Trinajstić information content (AvgIpc) is 2.21. The monoisotopic (exact) mass is 405 g/mol. The Kier molecular flexibility index (Phi) is 8.98. The Labute approximate surface area is 120 Å². The second-order valence-corrected chi connectivity index (χ2v) is 3.56. The van der Waals surface area contributed by atoms with Crippen LogP contribution in [0.25, 0.3) is 11.1 Å². The Morgan fingerprint density at radius 3 is 1.29 bits per heavy atom. The van der Waals surface area contributed by atoms with Crippen molar-refractivity contribution in [1.82, 2.24) is 0 Å². The summed E-state index contributed by atoms with van der Waals surface area (Å²) in [6, 6.07) is 18.8. The molecule has 0 aliphatic carbocycles. The standard InChI is InChI=1S/C14H12.2CH3.Pt/c1-11-3-7-13(8-4-11)14-9-5-12(2)6-10-14;;;/h3-7,9H,1-2H3;2*1H3;/q-2;2*-1;+4. The summed E-state index contributed by atoms with van der Waals surface area (Å²) in [5, 5.41) is 0. The number of hydrogen-bond donors (Lipinski definition) is 0. The first-order chi connectivity index (χ1) is 6.75. The summed E-state index contributed by atoms with van der Waals surface area (Å²) < 4.78 is 0. The third-order valence-electron chi connectivity index (χ3n) is 2.23. The van der Waals surface area contributed by atoms with Gasteiger partial charge in [-0.05, 0) is 0 Å². The van der Waals surface area contributed by atoms with Crippen LogP contribution < -0.4 is 0 Å². The minimum Gasteiger partial charge on any atom is -0.358 e. The van der Waals surface area contributed by atoms with Crippen LogP contribution in [0.4, 0.5) is 0 Å². The Morgan fingerprint density at radius 2 is 1.06 bits per heavy atom. The van der Waals surface area contributed by atoms with E-state index in [1.807, 2.05) is 12.1 Å². The van der Waals surface area contributed by atoms with Gasteiger partial charge in [0.15, 0.2) is 0 Å². The fourth-order valence-electron chi connectivity index (χ4n) is 1.34. The molecule has 92 valence electrons. The van der Waals surface area contributed by atoms with Crippen molar-refractivity contribution in [3.63, 3.8) is 0 Å². The molecule has 2 aromatic carbocycles. The molecule has 0 N–H and O–H groups in total. The summed E-state index contributed by atoms with van der Waals surface area (Å²) in [7, 11) is 0. The average molecular weight is 405 g/mol. The molecule has 0 radical (unpaired) electrons. The Bertz CT molecular complexity index is 369. The molecule has 0 saturated heterocycles. The molecule has 0 saturated carbocycles. The number of benzene rings is 2. The number of aryl methyl sites for hydroxylation is 2. The van der Waals surface area contributed by atoms with E-state index in [0.29, 0.717) is 0 Å². The van der Waals surface area contributed by atoms with Gasteiger partial charge in [-0.2, -0.15) is 48.5 Å². The molecule has 0 fully saturated rings. The topological polar surface area (TPSA) is 0 Å². The van der Waals surface area contributed by atoms with Gasteiger partial charge in [0, 0.05) is 0 Å². The summed E-state index contributed by atoms with van der Waals surface area (Å²) >= 11 is 0. The van der Waals surface area contributed by atoms with Crippen molar-refractivity contribution >= 4 is 0 Å². The van der Waals surface area contributed by atoms with Gasteiger partial charge in [-0.3, -0.25) is 0 Å². The number of hydrogen-bond acceptors (Lipinski definition) is 0. The van der Waals surface area contributed by atoms with Crippen LogP contribution in [0.3, 0.4) is 0 Å². The van der Waals surface area contributed by atoms with Gasteiger partial charge in [-0.15, -0.1) is 11.1 Å². The first kappa shape index (κ1) is 18.5. The molecule has 2 rings (SSSR count). The van der Waals surface area contributed by atoms with E-state index in [9.17, 15) is 0 Å². The van der Waals surface area contributed by atoms with Crippen molar-refractivity contribution in [3.05, 3.63) is 74.5 Å². The third kappa shape index (κ3) is 4.87. The van der Waals surface area contributed by atoms with E-state index in [4.69, 9.17) is 0 Å². The van der Waals surface area contributed by atoms with Crippen molar-refractivity contribution in [3.8, 4) is 11.1 Å². The zero-order valence-electron chi connectivity index (χ0n) is 10.8. The first-order valence-electron chi connectivity index (χ1n) is 4.73. The van der Waals surface area contributed by atoms with Crippen molar-refractivity contribution < 1.29 is 21.1 Å². The summed E-state index contributed by atoms with van der Waals surface area (Å²) in [5.74, 6) is 0. The summed E-state index contributed by atoms with van der Waals surface area (Å²) in [6.07, 6.45) is 0. The van der Waals surface area contributed by atoms with Gasteiger partial charge in [0.1, 0.15) is 0 Å². The van der Waals surface area contributed by atoms with E-state index >= 15 is 0 Å². The van der Waals surface area contributed by atoms with Crippen LogP contribution in [0.2, 0.25) is 0 Å². The molecular weight excluding hydrogens is 387 g/mol. The van der Waals surface area contributed by atoms with E-state index in [2.05, 4.69) is 50.2 Å². The second-order valence-electron chi connectivity index (χ2n) is 3.56. The maximum Gasteiger partial charge on any atom is 4.00 e. The van der Waals surface area contributed by atoms with Crippen molar-refractivity contribution in [2.45, 2.75) is 13.8 Å². The molecule has 0 amide bonds. The first-order valence-corrected chi connectivity index (χ1v) is 4.73. The van der Waals surface area contributed by atoms with Crippen molar-refractivity contribution in [2.75, 3.05) is 0 Å². The number of rotatable bonds is 1. The van der Waals surface area contributed by atoms with Gasteiger partial charge < -0.3 is 14.9 Å². The maximum atomic E-state index is 3.24. The van der Waals surface area contributed by atoms with Crippen LogP contribution in [-0.4, -0.2) is 0 Å². The van der Waals surface area contributed by atoms with E-state index in [-0.39, 0.29) is 35.9 Å². The van der Waals surface area contributed by atoms with Crippen LogP contribution in [0, 0.1) is 40.8 Å². The molecule has 0 heterocycles. The fourth-order valence-corrected chi connectivity index (χ4v) is 1.34. The van der Waals surface area contributed by atoms with Gasteiger partial charge in [0.05, 0.1) is 0 Å². The molecule has 0 unspecified atom stereocenters. The molecule has 2 aromatic rings. The molecule has 0 aliphatic rings. The molecule has 0 bridgehead atoms. The molecule has 1 heteroatoms. The van der Waals surface area contributed by atoms with Gasteiger partial charge in [-0.25, -0.2) is 11.1 Å². The van der Waals surface area contributed by atoms with Crippen molar-refractivity contribution in [1.29, 1.82) is 0 Å². The van der Waals surface area contributed by atoms with E-state index < -0.39 is 0 Å². The predicted octanol–water partition coefficient (Wildman–Crippen LogP) is 4.47. The summed E-state index contributed by atoms with van der Waals surface area (Å²) in [5.41, 5.74) is 4.69. The predicted molar refractivity (Wildman–Crippen MR) is 71.9 cm³/mol. The molecule has 0 aromatic heterocycles. The molecule has 0 spiro atoms. The zero-order valence-corrected chi connectivity index (χ0v) is 13.1. The van der Waals surface area contributed by atoms with Crippen LogP contribution in [0.1, 0.15) is 11.1 Å². The maximum absolute atomic E-state index is 3.24. The van der Waals surface area contributed by atoms with Gasteiger partial charge >= 0.3 is 21.1 Å². The molecular formula is C16H18Pt. The van der Waals surface area contributed by atoms with Gasteiger partial charge in [0.2, 0.25) is 0 Å². The zero-order chi connectivity index (χ0) is 9.97. The summed E-state index contributed by atoms with van der Waals surface area (Å²) in [6.45, 7) is 4.14. The van der Waals surface area contributed by atoms with Gasteiger partial charge in [-0.1, -0.05) is 13.8 Å². The van der Waals surface area contributed by atoms with Crippen LogP contribution >= 0.6 is 0 Å². The Morgan fingerprint density at radius 1 is 0.706 bits per heavy atom. The molecule has 17 heavy (non-hydrogen) atoms. The van der Waals surface area contributed by atoms with Crippen molar-refractivity contribution in [2.24, 2.45) is 0 Å². The Balaban J connectivity index is 0. The molecule has 0 nitrogen and oxygen atoms in total. The third-order valence-corrected chi connectivity index (χ3v) is 2.23. The summed E-state index contributed by atoms with van der Waals surface area (Å²) in [4.78, 5) is 0. The van der Waals surface area contributed by atoms with E-state index in [1.54, 1.807) is 0 Å². The molecule has 0 aliphatic heterocycles. The second kappa shape index (κ2) is 8.25. The Hall–Kier alpha value is -0.872. The normalized spacial score (nSPS) is 8.35. The minimum absolute atomic E-state index is 0. The largest absolute Gasteiger partial charge is 4.00 e. The van der Waals surface area contributed by atoms with Crippen LogP contribution in [-0.2, 0) is 21.1 Å². The van der Waals surface area contributed by atoms with E-state index in [0.717, 1.165) is 11.1 Å². The van der Waals surface area contributed by atoms with Crippen LogP contribution in [0.15, 0.2) is 36.4 Å². The minimum atomic E-state index is 0. The smallest absolute Gasteiger partial charge is 0.358 e. The molecule has 0 atom stereocenters. The SMILES string of the molecule is Cc1c[c-]c(-c2[c-]cc(C)cc2)cc1.[CH3-].[CH3-].[Pt+4]. The van der Waals surface area contributed by atoms with Crippen LogP contribution in [0.5, 0.6) is 0 Å².